The molecule has 4 heteroatoms. The highest BCUT2D eigenvalue weighted by Crippen LogP contribution is 2.34. The molecular formula is C13H13NO2S. The van der Waals surface area contributed by atoms with Crippen LogP contribution in [0.2, 0.25) is 0 Å². The van der Waals surface area contributed by atoms with E-state index in [2.05, 4.69) is 17.5 Å². The summed E-state index contributed by atoms with van der Waals surface area (Å²) in [6.45, 7) is 0.839. The topological polar surface area (TPSA) is 40.5 Å². The Kier molecular flexibility index (Phi) is 2.52. The normalized spacial score (nSPS) is 20.0. The van der Waals surface area contributed by atoms with Crippen LogP contribution < -0.4 is 4.90 Å². The Bertz CT molecular complexity index is 563. The number of hydrogen-bond acceptors (Lipinski definition) is 3. The molecule has 0 amide bonds. The summed E-state index contributed by atoms with van der Waals surface area (Å²) in [7, 11) is 0. The molecule has 1 aromatic carbocycles. The van der Waals surface area contributed by atoms with Crippen LogP contribution in [-0.4, -0.2) is 23.7 Å². The van der Waals surface area contributed by atoms with Crippen molar-refractivity contribution < 1.29 is 9.90 Å². The second-order valence-corrected chi connectivity index (χ2v) is 5.25. The van der Waals surface area contributed by atoms with Gasteiger partial charge in [0.25, 0.3) is 0 Å². The fourth-order valence-corrected chi connectivity index (χ4v) is 3.35. The van der Waals surface area contributed by atoms with Crippen molar-refractivity contribution >= 4 is 33.1 Å². The van der Waals surface area contributed by atoms with Gasteiger partial charge in [-0.2, -0.15) is 0 Å². The van der Waals surface area contributed by atoms with Crippen molar-refractivity contribution in [3.05, 3.63) is 29.6 Å². The van der Waals surface area contributed by atoms with Gasteiger partial charge in [0.1, 0.15) is 6.04 Å². The number of hydrogen-bond donors (Lipinski definition) is 1. The third kappa shape index (κ3) is 1.69. The van der Waals surface area contributed by atoms with Crippen molar-refractivity contribution in [3.8, 4) is 0 Å². The Morgan fingerprint density at radius 1 is 1.41 bits per heavy atom. The summed E-state index contributed by atoms with van der Waals surface area (Å²) >= 11 is 1.70. The fraction of sp³-hybridized carbons (Fsp3) is 0.308. The van der Waals surface area contributed by atoms with Gasteiger partial charge in [-0.05, 0) is 36.4 Å². The minimum atomic E-state index is -0.713. The van der Waals surface area contributed by atoms with Gasteiger partial charge in [-0.3, -0.25) is 0 Å². The van der Waals surface area contributed by atoms with Gasteiger partial charge < -0.3 is 10.0 Å². The average Bonchev–Trinajstić information content (AvgIpc) is 2.97. The molecule has 2 heterocycles. The molecule has 1 N–H and O–H groups in total. The van der Waals surface area contributed by atoms with Gasteiger partial charge in [0, 0.05) is 22.3 Å². The molecule has 2 aromatic rings. The molecule has 0 spiro atoms. The maximum absolute atomic E-state index is 11.2. The van der Waals surface area contributed by atoms with E-state index in [1.807, 2.05) is 17.0 Å². The van der Waals surface area contributed by atoms with Gasteiger partial charge in [0.15, 0.2) is 0 Å². The first-order chi connectivity index (χ1) is 8.27. The van der Waals surface area contributed by atoms with Gasteiger partial charge in [0.2, 0.25) is 0 Å². The first-order valence-corrected chi connectivity index (χ1v) is 6.61. The maximum atomic E-state index is 11.2. The number of carboxylic acids is 1. The van der Waals surface area contributed by atoms with Crippen molar-refractivity contribution in [2.75, 3.05) is 11.4 Å². The lowest BCUT2D eigenvalue weighted by Gasteiger charge is -2.24. The minimum Gasteiger partial charge on any atom is -0.480 e. The SMILES string of the molecule is O=C(O)C1CCCN1c1cccc2sccc12. The van der Waals surface area contributed by atoms with E-state index in [0.29, 0.717) is 0 Å². The number of carbonyl (C=O) groups is 1. The number of carboxylic acid groups (broad SMARTS) is 1. The summed E-state index contributed by atoms with van der Waals surface area (Å²) in [5.41, 5.74) is 1.06. The highest BCUT2D eigenvalue weighted by Gasteiger charge is 2.31. The molecule has 1 aliphatic rings. The van der Waals surface area contributed by atoms with Crippen LogP contribution in [0.1, 0.15) is 12.8 Å². The third-order valence-electron chi connectivity index (χ3n) is 3.32. The van der Waals surface area contributed by atoms with Gasteiger partial charge in [-0.15, -0.1) is 11.3 Å². The highest BCUT2D eigenvalue weighted by molar-refractivity contribution is 7.17. The van der Waals surface area contributed by atoms with Gasteiger partial charge >= 0.3 is 5.97 Å². The first-order valence-electron chi connectivity index (χ1n) is 5.73. The second kappa shape index (κ2) is 4.04. The number of anilines is 1. The number of benzene rings is 1. The number of rotatable bonds is 2. The number of fused-ring (bicyclic) bond motifs is 1. The second-order valence-electron chi connectivity index (χ2n) is 4.30. The Morgan fingerprint density at radius 3 is 3.12 bits per heavy atom. The molecule has 0 aliphatic carbocycles. The van der Waals surface area contributed by atoms with Gasteiger partial charge in [-0.1, -0.05) is 6.07 Å². The van der Waals surface area contributed by atoms with E-state index in [1.165, 1.54) is 10.1 Å². The number of nitrogens with zero attached hydrogens (tertiary/aromatic N) is 1. The zero-order chi connectivity index (χ0) is 11.8. The Morgan fingerprint density at radius 2 is 2.29 bits per heavy atom. The lowest BCUT2D eigenvalue weighted by atomic mass is 10.1. The molecule has 88 valence electrons. The van der Waals surface area contributed by atoms with Crippen molar-refractivity contribution in [2.24, 2.45) is 0 Å². The van der Waals surface area contributed by atoms with Crippen LogP contribution in [0.3, 0.4) is 0 Å². The summed E-state index contributed by atoms with van der Waals surface area (Å²) in [4.78, 5) is 13.2. The van der Waals surface area contributed by atoms with E-state index in [9.17, 15) is 9.90 Å². The average molecular weight is 247 g/mol. The monoisotopic (exact) mass is 247 g/mol. The molecule has 0 radical (unpaired) electrons. The van der Waals surface area contributed by atoms with Crippen molar-refractivity contribution in [3.63, 3.8) is 0 Å². The molecule has 0 bridgehead atoms. The zero-order valence-electron chi connectivity index (χ0n) is 9.30. The van der Waals surface area contributed by atoms with Crippen LogP contribution in [0.15, 0.2) is 29.6 Å². The predicted octanol–water partition coefficient (Wildman–Crippen LogP) is 2.95. The molecule has 1 aromatic heterocycles. The van der Waals surface area contributed by atoms with E-state index >= 15 is 0 Å². The zero-order valence-corrected chi connectivity index (χ0v) is 10.1. The van der Waals surface area contributed by atoms with E-state index in [1.54, 1.807) is 11.3 Å². The van der Waals surface area contributed by atoms with Crippen LogP contribution in [0.25, 0.3) is 10.1 Å². The lowest BCUT2D eigenvalue weighted by molar-refractivity contribution is -0.138. The molecule has 1 saturated heterocycles. The number of aliphatic carboxylic acids is 1. The lowest BCUT2D eigenvalue weighted by Crippen LogP contribution is -2.35. The maximum Gasteiger partial charge on any atom is 0.326 e. The quantitative estimate of drug-likeness (QED) is 0.887. The first kappa shape index (κ1) is 10.6. The highest BCUT2D eigenvalue weighted by atomic mass is 32.1. The molecule has 3 nitrogen and oxygen atoms in total. The molecule has 17 heavy (non-hydrogen) atoms. The van der Waals surface area contributed by atoms with E-state index in [4.69, 9.17) is 0 Å². The summed E-state index contributed by atoms with van der Waals surface area (Å²) in [5, 5.41) is 12.5. The van der Waals surface area contributed by atoms with Crippen LogP contribution in [0.5, 0.6) is 0 Å². The molecule has 1 aliphatic heterocycles. The third-order valence-corrected chi connectivity index (χ3v) is 4.20. The molecule has 1 fully saturated rings. The summed E-state index contributed by atoms with van der Waals surface area (Å²) in [6, 6.07) is 7.82. The van der Waals surface area contributed by atoms with Crippen LogP contribution in [-0.2, 0) is 4.79 Å². The molecule has 0 saturated carbocycles. The molecular weight excluding hydrogens is 234 g/mol. The van der Waals surface area contributed by atoms with Crippen molar-refractivity contribution in [1.82, 2.24) is 0 Å². The minimum absolute atomic E-state index is 0.361. The largest absolute Gasteiger partial charge is 0.480 e. The Balaban J connectivity index is 2.08. The van der Waals surface area contributed by atoms with E-state index in [0.717, 1.165) is 25.1 Å². The molecule has 3 rings (SSSR count). The smallest absolute Gasteiger partial charge is 0.326 e. The van der Waals surface area contributed by atoms with E-state index in [-0.39, 0.29) is 6.04 Å². The Hall–Kier alpha value is -1.55. The summed E-state index contributed by atoms with van der Waals surface area (Å²) in [5.74, 6) is -0.713. The van der Waals surface area contributed by atoms with Crippen LogP contribution in [0.4, 0.5) is 5.69 Å². The van der Waals surface area contributed by atoms with Crippen molar-refractivity contribution in [2.45, 2.75) is 18.9 Å². The summed E-state index contributed by atoms with van der Waals surface area (Å²) < 4.78 is 1.22. The Labute approximate surface area is 103 Å². The van der Waals surface area contributed by atoms with Crippen LogP contribution >= 0.6 is 11.3 Å². The van der Waals surface area contributed by atoms with Gasteiger partial charge in [-0.25, -0.2) is 4.79 Å². The molecule has 1 atom stereocenters. The van der Waals surface area contributed by atoms with Crippen LogP contribution in [0, 0.1) is 0 Å². The van der Waals surface area contributed by atoms with Gasteiger partial charge in [0.05, 0.1) is 0 Å². The van der Waals surface area contributed by atoms with E-state index < -0.39 is 5.97 Å². The number of thiophene rings is 1. The molecule has 1 unspecified atom stereocenters. The predicted molar refractivity (Wildman–Crippen MR) is 69.8 cm³/mol. The standard InChI is InChI=1S/C13H13NO2S/c15-13(16)11-4-2-7-14(11)10-3-1-5-12-9(10)6-8-17-12/h1,3,5-6,8,11H,2,4,7H2,(H,15,16). The fourth-order valence-electron chi connectivity index (χ4n) is 2.54. The van der Waals surface area contributed by atoms with Crippen molar-refractivity contribution in [1.29, 1.82) is 0 Å². The summed E-state index contributed by atoms with van der Waals surface area (Å²) in [6.07, 6.45) is 1.70.